The van der Waals surface area contributed by atoms with E-state index >= 15 is 0 Å². The number of thiazole rings is 1. The van der Waals surface area contributed by atoms with Crippen LogP contribution < -0.4 is 14.8 Å². The van der Waals surface area contributed by atoms with Crippen LogP contribution >= 0.6 is 22.7 Å². The molecule has 0 radical (unpaired) electrons. The van der Waals surface area contributed by atoms with Crippen LogP contribution in [0.3, 0.4) is 0 Å². The Morgan fingerprint density at radius 1 is 1.06 bits per heavy atom. The molecule has 7 nitrogen and oxygen atoms in total. The molecular weight excluding hydrogens is 485 g/mol. The van der Waals surface area contributed by atoms with Gasteiger partial charge >= 0.3 is 0 Å². The summed E-state index contributed by atoms with van der Waals surface area (Å²) in [4.78, 5) is 19.0. The summed E-state index contributed by atoms with van der Waals surface area (Å²) in [6.07, 6.45) is 3.57. The summed E-state index contributed by atoms with van der Waals surface area (Å²) < 4.78 is 23.0. The maximum absolute atomic E-state index is 14.5. The lowest BCUT2D eigenvalue weighted by Gasteiger charge is -2.04. The quantitative estimate of drug-likeness (QED) is 0.350. The van der Waals surface area contributed by atoms with Gasteiger partial charge in [-0.1, -0.05) is 35.6 Å². The minimum absolute atomic E-state index is 0.149. The van der Waals surface area contributed by atoms with E-state index in [0.29, 0.717) is 32.1 Å². The molecule has 0 bridgehead atoms. The van der Waals surface area contributed by atoms with Gasteiger partial charge in [-0.3, -0.25) is 4.79 Å². The highest BCUT2D eigenvalue weighted by atomic mass is 32.1. The Morgan fingerprint density at radius 2 is 1.91 bits per heavy atom. The van der Waals surface area contributed by atoms with Crippen LogP contribution in [0.5, 0.6) is 5.75 Å². The fraction of sp³-hybridized carbons (Fsp3) is 0.0400. The van der Waals surface area contributed by atoms with Crippen LogP contribution in [0.25, 0.3) is 38.7 Å². The van der Waals surface area contributed by atoms with Crippen molar-refractivity contribution in [3.8, 4) is 33.4 Å². The Hall–Kier alpha value is -4.15. The van der Waals surface area contributed by atoms with Crippen molar-refractivity contribution in [2.75, 3.05) is 7.11 Å². The molecule has 2 aromatic carbocycles. The van der Waals surface area contributed by atoms with E-state index in [4.69, 9.17) is 9.84 Å². The number of rotatable bonds is 5. The van der Waals surface area contributed by atoms with E-state index in [0.717, 1.165) is 10.6 Å². The normalized spacial score (nSPS) is 12.0. The standard InChI is InChI=1S/C25H16FN5O2S2/c1-33-19-10-9-15(12-18(19)26)22-16(14-30(28-22)17-6-3-2-4-7-17)13-21-24(32)31-25(35-21)27-23(29-31)20-8-5-11-34-20/h2-14H,1H3. The number of fused-ring (bicyclic) bond motifs is 1. The van der Waals surface area contributed by atoms with E-state index < -0.39 is 5.82 Å². The van der Waals surface area contributed by atoms with E-state index in [9.17, 15) is 9.18 Å². The van der Waals surface area contributed by atoms with Crippen molar-refractivity contribution in [1.82, 2.24) is 24.4 Å². The van der Waals surface area contributed by atoms with Gasteiger partial charge in [-0.05, 0) is 47.9 Å². The molecule has 6 aromatic rings. The van der Waals surface area contributed by atoms with Crippen LogP contribution in [0, 0.1) is 5.82 Å². The van der Waals surface area contributed by atoms with Crippen molar-refractivity contribution >= 4 is 33.7 Å². The summed E-state index contributed by atoms with van der Waals surface area (Å²) in [5.41, 5.74) is 2.34. The smallest absolute Gasteiger partial charge is 0.291 e. The summed E-state index contributed by atoms with van der Waals surface area (Å²) in [7, 11) is 1.42. The van der Waals surface area contributed by atoms with Crippen molar-refractivity contribution in [3.63, 3.8) is 0 Å². The van der Waals surface area contributed by atoms with E-state index in [1.807, 2.05) is 54.0 Å². The van der Waals surface area contributed by atoms with Crippen molar-refractivity contribution in [2.24, 2.45) is 0 Å². The second-order valence-electron chi connectivity index (χ2n) is 7.59. The summed E-state index contributed by atoms with van der Waals surface area (Å²) >= 11 is 2.77. The second kappa shape index (κ2) is 8.57. The SMILES string of the molecule is COc1ccc(-c2nn(-c3ccccc3)cc2C=c2sc3nc(-c4cccs4)nn3c2=O)cc1F. The summed E-state index contributed by atoms with van der Waals surface area (Å²) in [5.74, 6) is 0.187. The topological polar surface area (TPSA) is 74.3 Å². The summed E-state index contributed by atoms with van der Waals surface area (Å²) in [6, 6.07) is 18.1. The number of thiophene rings is 1. The van der Waals surface area contributed by atoms with Gasteiger partial charge in [-0.2, -0.15) is 14.6 Å². The van der Waals surface area contributed by atoms with Crippen LogP contribution in [-0.2, 0) is 0 Å². The zero-order valence-corrected chi connectivity index (χ0v) is 19.9. The minimum Gasteiger partial charge on any atom is -0.494 e. The number of methoxy groups -OCH3 is 1. The van der Waals surface area contributed by atoms with Crippen molar-refractivity contribution in [2.45, 2.75) is 0 Å². The first-order valence-corrected chi connectivity index (χ1v) is 12.2. The molecule has 0 amide bonds. The first kappa shape index (κ1) is 21.4. The average molecular weight is 502 g/mol. The molecular formula is C25H16FN5O2S2. The Kier molecular flexibility index (Phi) is 5.24. The molecule has 0 saturated heterocycles. The lowest BCUT2D eigenvalue weighted by molar-refractivity contribution is 0.386. The van der Waals surface area contributed by atoms with E-state index in [1.54, 1.807) is 22.9 Å². The number of halogens is 1. The summed E-state index contributed by atoms with van der Waals surface area (Å²) in [5, 5.41) is 11.0. The minimum atomic E-state index is -0.491. The van der Waals surface area contributed by atoms with E-state index in [1.165, 1.54) is 40.4 Å². The number of para-hydroxylation sites is 1. The van der Waals surface area contributed by atoms with Gasteiger partial charge in [0.25, 0.3) is 5.56 Å². The molecule has 6 rings (SSSR count). The maximum Gasteiger partial charge on any atom is 0.291 e. The van der Waals surface area contributed by atoms with E-state index in [2.05, 4.69) is 10.1 Å². The Morgan fingerprint density at radius 3 is 2.63 bits per heavy atom. The van der Waals surface area contributed by atoms with Crippen LogP contribution in [0.2, 0.25) is 0 Å². The first-order chi connectivity index (χ1) is 17.1. The number of nitrogens with zero attached hydrogens (tertiary/aromatic N) is 5. The molecule has 0 spiro atoms. The first-order valence-electron chi connectivity index (χ1n) is 10.5. The highest BCUT2D eigenvalue weighted by Gasteiger charge is 2.16. The molecule has 35 heavy (non-hydrogen) atoms. The predicted molar refractivity (Wildman–Crippen MR) is 135 cm³/mol. The highest BCUT2D eigenvalue weighted by molar-refractivity contribution is 7.15. The van der Waals surface area contributed by atoms with Crippen LogP contribution in [0.15, 0.2) is 77.0 Å². The average Bonchev–Trinajstić information content (AvgIpc) is 3.66. The van der Waals surface area contributed by atoms with Crippen molar-refractivity contribution < 1.29 is 9.13 Å². The molecule has 0 saturated carbocycles. The van der Waals surface area contributed by atoms with Crippen LogP contribution in [-0.4, -0.2) is 31.5 Å². The van der Waals surface area contributed by atoms with Gasteiger partial charge < -0.3 is 4.74 Å². The van der Waals surface area contributed by atoms with Crippen LogP contribution in [0.4, 0.5) is 4.39 Å². The van der Waals surface area contributed by atoms with E-state index in [-0.39, 0.29) is 11.3 Å². The third kappa shape index (κ3) is 3.82. The maximum atomic E-state index is 14.5. The monoisotopic (exact) mass is 501 g/mol. The number of hydrogen-bond acceptors (Lipinski definition) is 7. The molecule has 0 aliphatic carbocycles. The van der Waals surface area contributed by atoms with Gasteiger partial charge in [0, 0.05) is 17.3 Å². The molecule has 0 atom stereocenters. The molecule has 0 fully saturated rings. The fourth-order valence-corrected chi connectivity index (χ4v) is 5.28. The Bertz CT molecular complexity index is 1770. The van der Waals surface area contributed by atoms with Gasteiger partial charge in [-0.25, -0.2) is 9.07 Å². The third-order valence-electron chi connectivity index (χ3n) is 5.40. The predicted octanol–water partition coefficient (Wildman–Crippen LogP) is 4.43. The van der Waals surface area contributed by atoms with Crippen LogP contribution in [0.1, 0.15) is 5.56 Å². The highest BCUT2D eigenvalue weighted by Crippen LogP contribution is 2.28. The lowest BCUT2D eigenvalue weighted by atomic mass is 10.1. The number of ether oxygens (including phenoxy) is 1. The molecule has 0 aliphatic heterocycles. The van der Waals surface area contributed by atoms with Gasteiger partial charge in [0.05, 0.1) is 22.2 Å². The van der Waals surface area contributed by atoms with Gasteiger partial charge in [0.15, 0.2) is 17.4 Å². The van der Waals surface area contributed by atoms with Crippen molar-refractivity contribution in [3.05, 3.63) is 98.5 Å². The fourth-order valence-electron chi connectivity index (χ4n) is 3.73. The Balaban J connectivity index is 1.51. The number of benzene rings is 2. The lowest BCUT2D eigenvalue weighted by Crippen LogP contribution is -2.23. The number of hydrogen-bond donors (Lipinski definition) is 0. The van der Waals surface area contributed by atoms with Gasteiger partial charge in [-0.15, -0.1) is 16.4 Å². The summed E-state index contributed by atoms with van der Waals surface area (Å²) in [6.45, 7) is 0. The zero-order chi connectivity index (χ0) is 23.9. The Labute approximate surface area is 206 Å². The number of aromatic nitrogens is 5. The zero-order valence-electron chi connectivity index (χ0n) is 18.3. The molecule has 4 heterocycles. The molecule has 10 heteroatoms. The second-order valence-corrected chi connectivity index (χ2v) is 9.54. The molecule has 0 N–H and O–H groups in total. The molecule has 0 unspecified atom stereocenters. The van der Waals surface area contributed by atoms with Gasteiger partial charge in [0.2, 0.25) is 4.96 Å². The molecule has 0 aliphatic rings. The molecule has 4 aromatic heterocycles. The largest absolute Gasteiger partial charge is 0.494 e. The molecule has 172 valence electrons. The van der Waals surface area contributed by atoms with Gasteiger partial charge in [0.1, 0.15) is 5.69 Å². The third-order valence-corrected chi connectivity index (χ3v) is 7.22. The van der Waals surface area contributed by atoms with Crippen molar-refractivity contribution in [1.29, 1.82) is 0 Å².